The molecule has 0 aromatic heterocycles. The van der Waals surface area contributed by atoms with Gasteiger partial charge in [0.2, 0.25) is 15.9 Å². The lowest BCUT2D eigenvalue weighted by Gasteiger charge is -2.24. The molecule has 11 heteroatoms. The van der Waals surface area contributed by atoms with E-state index in [4.69, 9.17) is 0 Å². The van der Waals surface area contributed by atoms with Crippen molar-refractivity contribution in [2.24, 2.45) is 5.92 Å². The van der Waals surface area contributed by atoms with Crippen LogP contribution in [0.25, 0.3) is 0 Å². The highest BCUT2D eigenvalue weighted by Gasteiger charge is 2.38. The lowest BCUT2D eigenvalue weighted by Crippen LogP contribution is -2.45. The van der Waals surface area contributed by atoms with E-state index >= 15 is 0 Å². The number of hydrogen-bond donors (Lipinski definition) is 3. The number of sulfonamides is 1. The highest BCUT2D eigenvalue weighted by atomic mass is 35.5. The quantitative estimate of drug-likeness (QED) is 0.338. The molecule has 1 saturated carbocycles. The number of benzene rings is 1. The highest BCUT2D eigenvalue weighted by Crippen LogP contribution is 2.33. The predicted molar refractivity (Wildman–Crippen MR) is 106 cm³/mol. The molecule has 3 N–H and O–H groups in total. The molecule has 1 aromatic rings. The molecule has 1 aromatic carbocycles. The summed E-state index contributed by atoms with van der Waals surface area (Å²) in [5, 5.41) is 17.1. The number of rotatable bonds is 7. The van der Waals surface area contributed by atoms with Crippen molar-refractivity contribution < 1.29 is 18.1 Å². The van der Waals surface area contributed by atoms with E-state index in [9.17, 15) is 23.3 Å². The van der Waals surface area contributed by atoms with Gasteiger partial charge in [0.05, 0.1) is 11.0 Å². The van der Waals surface area contributed by atoms with Crippen LogP contribution in [0.1, 0.15) is 32.1 Å². The first-order valence-corrected chi connectivity index (χ1v) is 10.6. The van der Waals surface area contributed by atoms with E-state index in [1.165, 1.54) is 31.0 Å². The summed E-state index contributed by atoms with van der Waals surface area (Å²) in [4.78, 5) is 22.2. The minimum absolute atomic E-state index is 0. The Morgan fingerprint density at radius 2 is 1.93 bits per heavy atom. The third-order valence-electron chi connectivity index (χ3n) is 5.25. The van der Waals surface area contributed by atoms with Gasteiger partial charge in [-0.15, -0.1) is 12.4 Å². The van der Waals surface area contributed by atoms with E-state index < -0.39 is 20.6 Å². The molecule has 156 valence electrons. The lowest BCUT2D eigenvalue weighted by molar-refractivity contribution is -0.387. The van der Waals surface area contributed by atoms with Gasteiger partial charge < -0.3 is 10.6 Å². The van der Waals surface area contributed by atoms with Crippen LogP contribution in [-0.2, 0) is 14.8 Å². The van der Waals surface area contributed by atoms with Crippen LogP contribution >= 0.6 is 12.4 Å². The number of para-hydroxylation sites is 1. The number of halogens is 1. The number of amides is 1. The van der Waals surface area contributed by atoms with Gasteiger partial charge in [0, 0.05) is 25.2 Å². The molecule has 9 nitrogen and oxygen atoms in total. The van der Waals surface area contributed by atoms with Crippen LogP contribution in [-0.4, -0.2) is 44.4 Å². The number of nitrogens with one attached hydrogen (secondary N) is 3. The topological polar surface area (TPSA) is 130 Å². The standard InChI is InChI=1S/C17H24N4O5S.ClH/c22-17(14-11-12-5-1-2-6-13(12)20-14)18-9-10-19-27(25,26)16-8-4-3-7-15(16)21(23)24;/h3-4,7-8,12-14,19-20H,1-2,5-6,9-11H2,(H,18,22);1H. The largest absolute Gasteiger partial charge is 0.353 e. The summed E-state index contributed by atoms with van der Waals surface area (Å²) in [5.41, 5.74) is -0.480. The van der Waals surface area contributed by atoms with E-state index in [-0.39, 0.29) is 42.3 Å². The van der Waals surface area contributed by atoms with Crippen molar-refractivity contribution in [3.05, 3.63) is 34.4 Å². The summed E-state index contributed by atoms with van der Waals surface area (Å²) in [7, 11) is -4.03. The number of carbonyl (C=O) groups excluding carboxylic acids is 1. The average Bonchev–Trinajstić information content (AvgIpc) is 3.09. The Morgan fingerprint density at radius 3 is 2.64 bits per heavy atom. The van der Waals surface area contributed by atoms with Crippen LogP contribution in [0.4, 0.5) is 5.69 Å². The monoisotopic (exact) mass is 432 g/mol. The Kier molecular flexibility index (Phi) is 7.76. The number of hydrogen-bond acceptors (Lipinski definition) is 6. The number of nitro groups is 1. The third-order valence-corrected chi connectivity index (χ3v) is 6.76. The Morgan fingerprint density at radius 1 is 1.21 bits per heavy atom. The molecule has 1 heterocycles. The van der Waals surface area contributed by atoms with Gasteiger partial charge in [-0.1, -0.05) is 25.0 Å². The molecule has 1 aliphatic heterocycles. The Hall–Kier alpha value is -1.75. The summed E-state index contributed by atoms with van der Waals surface area (Å²) >= 11 is 0. The fourth-order valence-electron chi connectivity index (χ4n) is 3.93. The van der Waals surface area contributed by atoms with Crippen LogP contribution in [0.5, 0.6) is 0 Å². The molecule has 3 atom stereocenters. The van der Waals surface area contributed by atoms with Gasteiger partial charge in [-0.05, 0) is 31.2 Å². The molecule has 1 amide bonds. The first-order valence-electron chi connectivity index (χ1n) is 9.15. The van der Waals surface area contributed by atoms with E-state index in [0.717, 1.165) is 25.3 Å². The molecule has 1 aliphatic carbocycles. The molecule has 3 rings (SSSR count). The van der Waals surface area contributed by atoms with Crippen molar-refractivity contribution in [2.75, 3.05) is 13.1 Å². The summed E-state index contributed by atoms with van der Waals surface area (Å²) in [6, 6.07) is 5.33. The van der Waals surface area contributed by atoms with Crippen molar-refractivity contribution in [3.63, 3.8) is 0 Å². The molecule has 3 unspecified atom stereocenters. The second kappa shape index (κ2) is 9.64. The number of nitrogens with zero attached hydrogens (tertiary/aromatic N) is 1. The van der Waals surface area contributed by atoms with Gasteiger partial charge >= 0.3 is 0 Å². The minimum Gasteiger partial charge on any atom is -0.353 e. The molecule has 2 fully saturated rings. The van der Waals surface area contributed by atoms with Crippen molar-refractivity contribution in [2.45, 2.75) is 49.1 Å². The van der Waals surface area contributed by atoms with Crippen LogP contribution in [0.3, 0.4) is 0 Å². The number of carbonyl (C=O) groups is 1. The van der Waals surface area contributed by atoms with Crippen LogP contribution in [0.2, 0.25) is 0 Å². The molecule has 2 aliphatic rings. The van der Waals surface area contributed by atoms with Crippen molar-refractivity contribution in [3.8, 4) is 0 Å². The van der Waals surface area contributed by atoms with E-state index in [2.05, 4.69) is 15.4 Å². The number of nitro benzene ring substituents is 1. The highest BCUT2D eigenvalue weighted by molar-refractivity contribution is 7.89. The van der Waals surface area contributed by atoms with Gasteiger partial charge in [-0.3, -0.25) is 14.9 Å². The summed E-state index contributed by atoms with van der Waals surface area (Å²) in [6.45, 7) is 0.0753. The fourth-order valence-corrected chi connectivity index (χ4v) is 5.13. The average molecular weight is 433 g/mol. The summed E-state index contributed by atoms with van der Waals surface area (Å²) in [6.07, 6.45) is 5.47. The summed E-state index contributed by atoms with van der Waals surface area (Å²) in [5.74, 6) is 0.418. The SMILES string of the molecule is Cl.O=C(NCCNS(=O)(=O)c1ccccc1[N+](=O)[O-])C1CC2CCCCC2N1. The molecule has 1 saturated heterocycles. The van der Waals surface area contributed by atoms with Crippen molar-refractivity contribution in [1.29, 1.82) is 0 Å². The minimum atomic E-state index is -4.03. The summed E-state index contributed by atoms with van der Waals surface area (Å²) < 4.78 is 26.9. The zero-order valence-electron chi connectivity index (χ0n) is 15.3. The van der Waals surface area contributed by atoms with Gasteiger partial charge in [0.15, 0.2) is 4.90 Å². The maximum Gasteiger partial charge on any atom is 0.289 e. The van der Waals surface area contributed by atoms with Crippen molar-refractivity contribution in [1.82, 2.24) is 15.4 Å². The zero-order chi connectivity index (χ0) is 19.4. The molecule has 28 heavy (non-hydrogen) atoms. The molecular weight excluding hydrogens is 408 g/mol. The normalized spacial score (nSPS) is 24.1. The maximum atomic E-state index is 12.3. The molecule has 0 radical (unpaired) electrons. The van der Waals surface area contributed by atoms with Gasteiger partial charge in [0.25, 0.3) is 5.69 Å². The van der Waals surface area contributed by atoms with E-state index in [1.54, 1.807) is 0 Å². The Labute approximate surface area is 170 Å². The van der Waals surface area contributed by atoms with Gasteiger partial charge in [-0.25, -0.2) is 13.1 Å². The zero-order valence-corrected chi connectivity index (χ0v) is 16.9. The molecule has 0 spiro atoms. The first-order chi connectivity index (χ1) is 12.9. The second-order valence-corrected chi connectivity index (χ2v) is 8.75. The van der Waals surface area contributed by atoms with Gasteiger partial charge in [0.1, 0.15) is 0 Å². The Bertz CT molecular complexity index is 806. The van der Waals surface area contributed by atoms with Crippen LogP contribution in [0.15, 0.2) is 29.2 Å². The second-order valence-electron chi connectivity index (χ2n) is 7.02. The Balaban J connectivity index is 0.00000280. The maximum absolute atomic E-state index is 12.3. The number of fused-ring (bicyclic) bond motifs is 1. The third kappa shape index (κ3) is 5.19. The van der Waals surface area contributed by atoms with E-state index in [1.807, 2.05) is 0 Å². The van der Waals surface area contributed by atoms with Crippen LogP contribution in [0, 0.1) is 16.0 Å². The predicted octanol–water partition coefficient (Wildman–Crippen LogP) is 1.33. The lowest BCUT2D eigenvalue weighted by atomic mass is 9.85. The smallest absolute Gasteiger partial charge is 0.289 e. The van der Waals surface area contributed by atoms with Crippen LogP contribution < -0.4 is 15.4 Å². The molecular formula is C17H25ClN4O5S. The van der Waals surface area contributed by atoms with E-state index in [0.29, 0.717) is 12.0 Å². The van der Waals surface area contributed by atoms with Gasteiger partial charge in [-0.2, -0.15) is 0 Å². The van der Waals surface area contributed by atoms with Crippen molar-refractivity contribution >= 4 is 34.0 Å². The first kappa shape index (κ1) is 22.5. The molecule has 0 bridgehead atoms. The fraction of sp³-hybridized carbons (Fsp3) is 0.588.